The van der Waals surface area contributed by atoms with Crippen LogP contribution in [0.4, 0.5) is 5.82 Å². The van der Waals surface area contributed by atoms with Crippen molar-refractivity contribution < 1.29 is 23.7 Å². The van der Waals surface area contributed by atoms with E-state index in [1.165, 1.54) is 0 Å². The van der Waals surface area contributed by atoms with E-state index in [0.29, 0.717) is 36.6 Å². The molecule has 0 spiro atoms. The van der Waals surface area contributed by atoms with Gasteiger partial charge in [0, 0.05) is 41.9 Å². The second kappa shape index (κ2) is 14.2. The lowest BCUT2D eigenvalue weighted by Gasteiger charge is -2.41. The largest absolute Gasteiger partial charge is 0.489 e. The maximum absolute atomic E-state index is 13.7. The summed E-state index contributed by atoms with van der Waals surface area (Å²) in [5, 5.41) is 5.21. The van der Waals surface area contributed by atoms with E-state index in [9.17, 15) is 4.79 Å². The van der Waals surface area contributed by atoms with Gasteiger partial charge in [0.05, 0.1) is 35.7 Å². The molecule has 4 aromatic rings. The molecule has 5 heterocycles. The van der Waals surface area contributed by atoms with E-state index >= 15 is 0 Å². The molecule has 2 unspecified atom stereocenters. The Kier molecular flexibility index (Phi) is 10.1. The molecule has 50 heavy (non-hydrogen) atoms. The molecule has 9 heteroatoms. The maximum Gasteiger partial charge on any atom is 0.340 e. The average molecular weight is 681 g/mol. The number of carbonyl (C=O) groups excluding carboxylic acids is 1. The Bertz CT molecular complexity index is 1880. The molecule has 0 amide bonds. The molecule has 0 radical (unpaired) electrons. The van der Waals surface area contributed by atoms with Gasteiger partial charge >= 0.3 is 5.97 Å². The highest BCUT2D eigenvalue weighted by Crippen LogP contribution is 2.40. The second-order valence-corrected chi connectivity index (χ2v) is 15.0. The van der Waals surface area contributed by atoms with Crippen LogP contribution in [0.25, 0.3) is 28.0 Å². The number of benzene rings is 2. The van der Waals surface area contributed by atoms with E-state index in [1.54, 1.807) is 0 Å². The van der Waals surface area contributed by atoms with Crippen LogP contribution in [0.3, 0.4) is 0 Å². The zero-order chi connectivity index (χ0) is 35.8. The van der Waals surface area contributed by atoms with Crippen molar-refractivity contribution in [1.82, 2.24) is 14.6 Å². The smallest absolute Gasteiger partial charge is 0.340 e. The lowest BCUT2D eigenvalue weighted by atomic mass is 9.92. The molecule has 6 bridgehead atoms. The van der Waals surface area contributed by atoms with Gasteiger partial charge in [-0.15, -0.1) is 0 Å². The van der Waals surface area contributed by atoms with Crippen molar-refractivity contribution in [2.75, 3.05) is 31.2 Å². The summed E-state index contributed by atoms with van der Waals surface area (Å²) in [6.07, 6.45) is 4.89. The Morgan fingerprint density at radius 3 is 2.52 bits per heavy atom. The molecule has 3 aliphatic rings. The van der Waals surface area contributed by atoms with Gasteiger partial charge in [-0.25, -0.2) is 9.78 Å². The van der Waals surface area contributed by atoms with Crippen LogP contribution >= 0.6 is 0 Å². The van der Waals surface area contributed by atoms with Crippen LogP contribution in [-0.2, 0) is 19.0 Å². The minimum Gasteiger partial charge on any atom is -0.489 e. The predicted octanol–water partition coefficient (Wildman–Crippen LogP) is 8.45. The van der Waals surface area contributed by atoms with Crippen molar-refractivity contribution in [2.45, 2.75) is 98.6 Å². The van der Waals surface area contributed by atoms with Gasteiger partial charge in [0.15, 0.2) is 11.8 Å². The Balaban J connectivity index is 1.56. The molecule has 1 saturated heterocycles. The summed E-state index contributed by atoms with van der Waals surface area (Å²) in [5.74, 6) is 1.38. The third kappa shape index (κ3) is 7.59. The van der Waals surface area contributed by atoms with Crippen LogP contribution < -0.4 is 9.64 Å². The highest BCUT2D eigenvalue weighted by molar-refractivity contribution is 5.81. The molecule has 3 atom stereocenters. The number of piperidine rings is 1. The Morgan fingerprint density at radius 2 is 1.80 bits per heavy atom. The number of carbonyl (C=O) groups is 1. The van der Waals surface area contributed by atoms with Crippen LogP contribution in [0.15, 0.2) is 60.7 Å². The normalized spacial score (nSPS) is 21.9. The highest BCUT2D eigenvalue weighted by atomic mass is 16.6. The fourth-order valence-corrected chi connectivity index (χ4v) is 6.80. The third-order valence-corrected chi connectivity index (χ3v) is 9.78. The first-order valence-electron chi connectivity index (χ1n) is 17.9. The van der Waals surface area contributed by atoms with E-state index in [1.807, 2.05) is 45.2 Å². The number of hydrogen-bond acceptors (Lipinski definition) is 8. The summed E-state index contributed by atoms with van der Waals surface area (Å²) in [6.45, 7) is 20.4. The van der Waals surface area contributed by atoms with Gasteiger partial charge in [-0.2, -0.15) is 9.61 Å². The minimum atomic E-state index is -0.984. The first-order valence-corrected chi connectivity index (χ1v) is 17.9. The first-order chi connectivity index (χ1) is 23.7. The van der Waals surface area contributed by atoms with Crippen LogP contribution in [0.2, 0.25) is 0 Å². The molecular formula is C41H52N4O5. The molecule has 7 rings (SSSR count). The first kappa shape index (κ1) is 35.6. The molecule has 0 aliphatic carbocycles. The van der Waals surface area contributed by atoms with E-state index in [2.05, 4.69) is 87.2 Å². The number of hydrogen-bond donors (Lipinski definition) is 0. The van der Waals surface area contributed by atoms with Crippen LogP contribution in [0.5, 0.6) is 5.75 Å². The van der Waals surface area contributed by atoms with Gasteiger partial charge in [0.1, 0.15) is 17.7 Å². The lowest BCUT2D eigenvalue weighted by Crippen LogP contribution is -2.45. The van der Waals surface area contributed by atoms with Gasteiger partial charge in [-0.1, -0.05) is 48.9 Å². The van der Waals surface area contributed by atoms with E-state index < -0.39 is 17.7 Å². The van der Waals surface area contributed by atoms with E-state index in [4.69, 9.17) is 29.0 Å². The Morgan fingerprint density at radius 1 is 1.06 bits per heavy atom. The molecule has 0 N–H and O–H groups in total. The van der Waals surface area contributed by atoms with Crippen molar-refractivity contribution >= 4 is 17.4 Å². The lowest BCUT2D eigenvalue weighted by molar-refractivity contribution is -0.166. The number of aryl methyl sites for hydroxylation is 2. The van der Waals surface area contributed by atoms with Gasteiger partial charge in [-0.3, -0.25) is 0 Å². The zero-order valence-corrected chi connectivity index (χ0v) is 31.1. The quantitative estimate of drug-likeness (QED) is 0.157. The number of ether oxygens (including phenoxy) is 4. The number of esters is 1. The number of aromatic nitrogens is 3. The summed E-state index contributed by atoms with van der Waals surface area (Å²) in [5.41, 5.74) is 6.11. The molecule has 3 aliphatic heterocycles. The number of anilines is 1. The van der Waals surface area contributed by atoms with Gasteiger partial charge < -0.3 is 23.8 Å². The van der Waals surface area contributed by atoms with Crippen molar-refractivity contribution in [3.8, 4) is 28.1 Å². The monoisotopic (exact) mass is 680 g/mol. The van der Waals surface area contributed by atoms with E-state index in [-0.39, 0.29) is 24.2 Å². The molecule has 2 aromatic heterocycles. The van der Waals surface area contributed by atoms with Crippen molar-refractivity contribution in [3.05, 3.63) is 77.5 Å². The van der Waals surface area contributed by atoms with Crippen LogP contribution in [0.1, 0.15) is 84.2 Å². The van der Waals surface area contributed by atoms with Crippen molar-refractivity contribution in [2.24, 2.45) is 5.92 Å². The molecule has 1 fully saturated rings. The van der Waals surface area contributed by atoms with E-state index in [0.717, 1.165) is 52.4 Å². The van der Waals surface area contributed by atoms with Gasteiger partial charge in [0.2, 0.25) is 0 Å². The summed E-state index contributed by atoms with van der Waals surface area (Å²) in [6, 6.07) is 16.8. The minimum absolute atomic E-state index is 0.0404. The summed E-state index contributed by atoms with van der Waals surface area (Å²) in [7, 11) is 0. The SMILES string of the molecule is CCOC(=O)[C@@H](OC(C)(C)C)c1c(C)nc2cc3nn2c1N1CCC(C)(CC1)OCC=CC(C)C(C)Oc1ccc(C)cc1-c1cccc-3c1. The fourth-order valence-electron chi connectivity index (χ4n) is 6.80. The third-order valence-electron chi connectivity index (χ3n) is 9.78. The maximum atomic E-state index is 13.7. The summed E-state index contributed by atoms with van der Waals surface area (Å²) >= 11 is 0. The Hall–Kier alpha value is -4.21. The van der Waals surface area contributed by atoms with Crippen LogP contribution in [0, 0.1) is 19.8 Å². The zero-order valence-electron chi connectivity index (χ0n) is 31.1. The van der Waals surface area contributed by atoms with Crippen molar-refractivity contribution in [1.29, 1.82) is 0 Å². The molecule has 9 nitrogen and oxygen atoms in total. The number of rotatable bonds is 4. The van der Waals surface area contributed by atoms with Gasteiger partial charge in [0.25, 0.3) is 0 Å². The van der Waals surface area contributed by atoms with Crippen LogP contribution in [-0.4, -0.2) is 64.2 Å². The summed E-state index contributed by atoms with van der Waals surface area (Å²) < 4.78 is 27.1. The van der Waals surface area contributed by atoms with Gasteiger partial charge in [-0.05, 0) is 92.0 Å². The molecule has 0 saturated carbocycles. The number of nitrogens with zero attached hydrogens (tertiary/aromatic N) is 4. The topological polar surface area (TPSA) is 87.4 Å². The fraction of sp³-hybridized carbons (Fsp3) is 0.488. The standard InChI is InChI=1S/C41H52N4O5/c1-10-47-39(46)37(50-40(6,7)8)36-28(4)42-35-25-33-31-15-11-14-30(24-31)32-23-26(2)16-17-34(32)49-29(5)27(3)13-12-22-48-41(9)18-20-44(21-19-41)38(36)45(35)43-33/h11-17,23-25,27,29,37H,10,18-22H2,1-9H3/t27?,29?,37-/m0/s1. The molecule has 266 valence electrons. The highest BCUT2D eigenvalue weighted by Gasteiger charge is 2.38. The molecular weight excluding hydrogens is 628 g/mol. The summed E-state index contributed by atoms with van der Waals surface area (Å²) in [4.78, 5) is 21.0. The number of fused-ring (bicyclic) bond motifs is 7. The predicted molar refractivity (Wildman–Crippen MR) is 198 cm³/mol. The average Bonchev–Trinajstić information content (AvgIpc) is 3.49. The molecule has 2 aromatic carbocycles. The second-order valence-electron chi connectivity index (χ2n) is 15.0. The van der Waals surface area contributed by atoms with Crippen molar-refractivity contribution in [3.63, 3.8) is 0 Å². The Labute approximate surface area is 296 Å².